The van der Waals surface area contributed by atoms with Gasteiger partial charge in [-0.05, 0) is 48.1 Å². The molecule has 5 rings (SSSR count). The fourth-order valence-corrected chi connectivity index (χ4v) is 5.63. The minimum Gasteiger partial charge on any atom is -0.352 e. The summed E-state index contributed by atoms with van der Waals surface area (Å²) in [4.78, 5) is 26.2. The number of nitrogens with zero attached hydrogens (tertiary/aromatic N) is 4. The summed E-state index contributed by atoms with van der Waals surface area (Å²) in [5, 5.41) is 1.07. The molecule has 3 aromatic carbocycles. The summed E-state index contributed by atoms with van der Waals surface area (Å²) >= 11 is 8.03. The van der Waals surface area contributed by atoms with Gasteiger partial charge in [0, 0.05) is 43.6 Å². The van der Waals surface area contributed by atoms with Crippen LogP contribution in [0.4, 0.5) is 5.82 Å². The number of amides is 1. The number of aromatic nitrogens is 2. The molecule has 0 unspecified atom stereocenters. The highest BCUT2D eigenvalue weighted by Crippen LogP contribution is 2.26. The van der Waals surface area contributed by atoms with Crippen molar-refractivity contribution >= 4 is 35.1 Å². The van der Waals surface area contributed by atoms with Crippen LogP contribution in [-0.4, -0.2) is 40.4 Å². The van der Waals surface area contributed by atoms with Crippen molar-refractivity contribution in [2.24, 2.45) is 0 Å². The monoisotopic (exact) mass is 542 g/mol. The second kappa shape index (κ2) is 12.9. The molecule has 1 aromatic heterocycles. The molecule has 4 aromatic rings. The highest BCUT2D eigenvalue weighted by atomic mass is 35.5. The zero-order valence-electron chi connectivity index (χ0n) is 21.3. The van der Waals surface area contributed by atoms with Crippen LogP contribution in [0.2, 0.25) is 5.15 Å². The quantitative estimate of drug-likeness (QED) is 0.124. The largest absolute Gasteiger partial charge is 0.352 e. The molecule has 1 aliphatic heterocycles. The Balaban J connectivity index is 1.28. The molecule has 1 saturated heterocycles. The maximum Gasteiger partial charge on any atom is 0.253 e. The van der Waals surface area contributed by atoms with Crippen LogP contribution in [0.15, 0.2) is 96.2 Å². The molecule has 0 aliphatic carbocycles. The molecule has 1 amide bonds. The van der Waals surface area contributed by atoms with Gasteiger partial charge in [-0.15, -0.1) is 0 Å². The van der Waals surface area contributed by atoms with Crippen LogP contribution in [0.25, 0.3) is 0 Å². The Morgan fingerprint density at radius 2 is 1.50 bits per heavy atom. The maximum absolute atomic E-state index is 12.6. The van der Waals surface area contributed by atoms with Crippen LogP contribution in [0.3, 0.4) is 0 Å². The Labute approximate surface area is 233 Å². The molecule has 38 heavy (non-hydrogen) atoms. The smallest absolute Gasteiger partial charge is 0.253 e. The number of hydrogen-bond acceptors (Lipinski definition) is 5. The van der Waals surface area contributed by atoms with E-state index >= 15 is 0 Å². The van der Waals surface area contributed by atoms with E-state index in [-0.39, 0.29) is 5.91 Å². The van der Waals surface area contributed by atoms with E-state index in [1.165, 1.54) is 11.1 Å². The van der Waals surface area contributed by atoms with Crippen molar-refractivity contribution in [3.05, 3.63) is 118 Å². The van der Waals surface area contributed by atoms with Crippen LogP contribution in [0.5, 0.6) is 0 Å². The molecule has 0 spiro atoms. The fraction of sp³-hybridized carbons (Fsp3) is 0.258. The van der Waals surface area contributed by atoms with E-state index in [2.05, 4.69) is 58.4 Å². The van der Waals surface area contributed by atoms with E-state index in [0.717, 1.165) is 62.4 Å². The van der Waals surface area contributed by atoms with E-state index in [1.54, 1.807) is 11.8 Å². The van der Waals surface area contributed by atoms with Crippen molar-refractivity contribution in [3.8, 4) is 0 Å². The molecule has 1 aliphatic rings. The molecule has 0 atom stereocenters. The third-order valence-corrected chi connectivity index (χ3v) is 7.79. The van der Waals surface area contributed by atoms with E-state index in [1.807, 2.05) is 47.4 Å². The number of rotatable bonds is 10. The van der Waals surface area contributed by atoms with Crippen LogP contribution < -0.4 is 4.90 Å². The lowest BCUT2D eigenvalue weighted by Gasteiger charge is -2.24. The first-order valence-corrected chi connectivity index (χ1v) is 14.4. The van der Waals surface area contributed by atoms with Gasteiger partial charge >= 0.3 is 0 Å². The third-order valence-electron chi connectivity index (χ3n) is 6.68. The Morgan fingerprint density at radius 3 is 2.18 bits per heavy atom. The van der Waals surface area contributed by atoms with Crippen LogP contribution in [0, 0.1) is 0 Å². The van der Waals surface area contributed by atoms with Gasteiger partial charge in [0.25, 0.3) is 5.91 Å². The van der Waals surface area contributed by atoms with E-state index in [0.29, 0.717) is 16.1 Å². The van der Waals surface area contributed by atoms with Gasteiger partial charge in [0.05, 0.1) is 0 Å². The highest BCUT2D eigenvalue weighted by molar-refractivity contribution is 7.98. The van der Waals surface area contributed by atoms with Gasteiger partial charge in [0.2, 0.25) is 0 Å². The SMILES string of the molecule is O=C(c1ccc(CSc2nc(Cl)cc(N(CCc3ccccc3)Cc3ccccc3)n2)cc1)N1CCCC1. The van der Waals surface area contributed by atoms with Gasteiger partial charge in [-0.3, -0.25) is 4.79 Å². The molecule has 0 saturated carbocycles. The number of carbonyl (C=O) groups excluding carboxylic acids is 1. The number of likely N-dealkylation sites (tertiary alicyclic amines) is 1. The third kappa shape index (κ3) is 7.15. The molecule has 2 heterocycles. The molecule has 0 bridgehead atoms. The van der Waals surface area contributed by atoms with E-state index < -0.39 is 0 Å². The van der Waals surface area contributed by atoms with Gasteiger partial charge in [-0.1, -0.05) is 96.2 Å². The molecule has 0 N–H and O–H groups in total. The minimum absolute atomic E-state index is 0.124. The van der Waals surface area contributed by atoms with Crippen molar-refractivity contribution < 1.29 is 4.79 Å². The number of benzene rings is 3. The Kier molecular flexibility index (Phi) is 8.94. The summed E-state index contributed by atoms with van der Waals surface area (Å²) in [5.41, 5.74) is 4.36. The number of hydrogen-bond donors (Lipinski definition) is 0. The Bertz CT molecular complexity index is 1330. The van der Waals surface area contributed by atoms with Crippen molar-refractivity contribution in [3.63, 3.8) is 0 Å². The summed E-state index contributed by atoms with van der Waals surface area (Å²) in [5.74, 6) is 1.64. The Morgan fingerprint density at radius 1 is 0.842 bits per heavy atom. The first kappa shape index (κ1) is 26.3. The molecular formula is C31H31ClN4OS. The molecule has 194 valence electrons. The number of halogens is 1. The van der Waals surface area contributed by atoms with E-state index in [9.17, 15) is 4.79 Å². The van der Waals surface area contributed by atoms with Gasteiger partial charge in [0.1, 0.15) is 11.0 Å². The predicted octanol–water partition coefficient (Wildman–Crippen LogP) is 6.91. The van der Waals surface area contributed by atoms with Crippen LogP contribution >= 0.6 is 23.4 Å². The van der Waals surface area contributed by atoms with Gasteiger partial charge < -0.3 is 9.80 Å². The van der Waals surface area contributed by atoms with Crippen molar-refractivity contribution in [1.29, 1.82) is 0 Å². The summed E-state index contributed by atoms with van der Waals surface area (Å²) in [6.07, 6.45) is 3.09. The van der Waals surface area contributed by atoms with Gasteiger partial charge in [-0.25, -0.2) is 9.97 Å². The molecular weight excluding hydrogens is 512 g/mol. The molecule has 0 radical (unpaired) electrons. The second-order valence-corrected chi connectivity index (χ2v) is 10.8. The number of carbonyl (C=O) groups is 1. The maximum atomic E-state index is 12.6. The zero-order chi connectivity index (χ0) is 26.2. The molecule has 5 nitrogen and oxygen atoms in total. The lowest BCUT2D eigenvalue weighted by atomic mass is 10.1. The standard InChI is InChI=1S/C31H31ClN4OS/c32-28-21-29(36(22-25-11-5-2-6-12-25)20-17-24-9-3-1-4-10-24)34-31(33-28)38-23-26-13-15-27(16-14-26)30(37)35-18-7-8-19-35/h1-6,9-16,21H,7-8,17-20,22-23H2. The molecule has 7 heteroatoms. The summed E-state index contributed by atoms with van der Waals surface area (Å²) < 4.78 is 0. The lowest BCUT2D eigenvalue weighted by Crippen LogP contribution is -2.27. The lowest BCUT2D eigenvalue weighted by molar-refractivity contribution is 0.0793. The van der Waals surface area contributed by atoms with Gasteiger partial charge in [-0.2, -0.15) is 0 Å². The summed E-state index contributed by atoms with van der Waals surface area (Å²) in [6, 6.07) is 30.6. The topological polar surface area (TPSA) is 49.3 Å². The second-order valence-electron chi connectivity index (χ2n) is 9.46. The average molecular weight is 543 g/mol. The zero-order valence-corrected chi connectivity index (χ0v) is 22.9. The first-order chi connectivity index (χ1) is 18.6. The number of thioether (sulfide) groups is 1. The number of anilines is 1. The minimum atomic E-state index is 0.124. The summed E-state index contributed by atoms with van der Waals surface area (Å²) in [7, 11) is 0. The van der Waals surface area contributed by atoms with Crippen molar-refractivity contribution in [1.82, 2.24) is 14.9 Å². The van der Waals surface area contributed by atoms with Crippen LogP contribution in [0.1, 0.15) is 39.9 Å². The fourth-order valence-electron chi connectivity index (χ4n) is 4.59. The summed E-state index contributed by atoms with van der Waals surface area (Å²) in [6.45, 7) is 3.26. The van der Waals surface area contributed by atoms with Gasteiger partial charge in [0.15, 0.2) is 5.16 Å². The van der Waals surface area contributed by atoms with Crippen molar-refractivity contribution in [2.75, 3.05) is 24.5 Å². The predicted molar refractivity (Wildman–Crippen MR) is 156 cm³/mol. The molecule has 1 fully saturated rings. The normalized spacial score (nSPS) is 13.0. The van der Waals surface area contributed by atoms with Crippen molar-refractivity contribution in [2.45, 2.75) is 36.7 Å². The average Bonchev–Trinajstić information content (AvgIpc) is 3.50. The highest BCUT2D eigenvalue weighted by Gasteiger charge is 2.19. The Hall–Kier alpha value is -3.35. The van der Waals surface area contributed by atoms with E-state index in [4.69, 9.17) is 16.6 Å². The van der Waals surface area contributed by atoms with Crippen LogP contribution in [-0.2, 0) is 18.7 Å². The first-order valence-electron chi connectivity index (χ1n) is 13.0.